The van der Waals surface area contributed by atoms with Crippen LogP contribution < -0.4 is 5.73 Å². The first kappa shape index (κ1) is 12.0. The van der Waals surface area contributed by atoms with Crippen LogP contribution in [0.25, 0.3) is 0 Å². The molecule has 3 N–H and O–H groups in total. The average Bonchev–Trinajstić information content (AvgIpc) is 2.63. The molecule has 1 heterocycles. The molecule has 0 aliphatic rings. The number of aromatic nitrogens is 1. The summed E-state index contributed by atoms with van der Waals surface area (Å²) in [5, 5.41) is 8.34. The molecular formula is C11H10ClN3OS. The average molecular weight is 268 g/mol. The molecule has 4 nitrogen and oxygen atoms in total. The zero-order chi connectivity index (χ0) is 12.4. The molecule has 2 aromatic rings. The minimum Gasteiger partial charge on any atom is -0.439 e. The zero-order valence-corrected chi connectivity index (χ0v) is 10.6. The van der Waals surface area contributed by atoms with E-state index >= 15 is 0 Å². The van der Waals surface area contributed by atoms with Gasteiger partial charge < -0.3 is 10.2 Å². The lowest BCUT2D eigenvalue weighted by Gasteiger charge is -2.03. The van der Waals surface area contributed by atoms with Crippen molar-refractivity contribution in [1.29, 1.82) is 5.41 Å². The van der Waals surface area contributed by atoms with Crippen molar-refractivity contribution in [3.8, 4) is 0 Å². The van der Waals surface area contributed by atoms with Crippen molar-refractivity contribution in [1.82, 2.24) is 4.98 Å². The molecule has 17 heavy (non-hydrogen) atoms. The van der Waals surface area contributed by atoms with Crippen LogP contribution in [0, 0.1) is 12.3 Å². The minimum atomic E-state index is -0.0430. The summed E-state index contributed by atoms with van der Waals surface area (Å²) in [6, 6.07) is 5.28. The summed E-state index contributed by atoms with van der Waals surface area (Å²) in [6.07, 6.45) is 1.59. The largest absolute Gasteiger partial charge is 0.439 e. The zero-order valence-electron chi connectivity index (χ0n) is 9.03. The van der Waals surface area contributed by atoms with Gasteiger partial charge in [-0.3, -0.25) is 5.41 Å². The van der Waals surface area contributed by atoms with Gasteiger partial charge in [0, 0.05) is 10.5 Å². The lowest BCUT2D eigenvalue weighted by molar-refractivity contribution is 0.454. The van der Waals surface area contributed by atoms with Gasteiger partial charge >= 0.3 is 0 Å². The molecule has 0 spiro atoms. The van der Waals surface area contributed by atoms with E-state index in [1.807, 2.05) is 13.0 Å². The van der Waals surface area contributed by atoms with E-state index in [9.17, 15) is 0 Å². The Hall–Kier alpha value is -1.46. The molecule has 1 aromatic heterocycles. The second-order valence-electron chi connectivity index (χ2n) is 3.41. The quantitative estimate of drug-likeness (QED) is 0.662. The van der Waals surface area contributed by atoms with E-state index in [0.717, 1.165) is 10.6 Å². The van der Waals surface area contributed by atoms with E-state index in [0.29, 0.717) is 15.8 Å². The van der Waals surface area contributed by atoms with E-state index in [4.69, 9.17) is 27.2 Å². The van der Waals surface area contributed by atoms with Crippen LogP contribution in [0.5, 0.6) is 0 Å². The highest BCUT2D eigenvalue weighted by Gasteiger charge is 2.08. The number of amidine groups is 1. The second-order valence-corrected chi connectivity index (χ2v) is 4.84. The van der Waals surface area contributed by atoms with Crippen molar-refractivity contribution >= 4 is 29.2 Å². The number of hydrogen-bond acceptors (Lipinski definition) is 4. The molecule has 0 saturated carbocycles. The third-order valence-corrected chi connectivity index (χ3v) is 3.20. The Morgan fingerprint density at radius 3 is 2.82 bits per heavy atom. The Morgan fingerprint density at radius 1 is 1.53 bits per heavy atom. The Bertz CT molecular complexity index is 568. The number of halogens is 1. The molecule has 0 radical (unpaired) electrons. The number of benzene rings is 1. The SMILES string of the molecule is Cc1coc(Sc2ccc(C(=N)N)c(Cl)c2)n1. The maximum atomic E-state index is 7.33. The van der Waals surface area contributed by atoms with E-state index in [1.54, 1.807) is 18.4 Å². The predicted molar refractivity (Wildman–Crippen MR) is 67.8 cm³/mol. The van der Waals surface area contributed by atoms with E-state index in [1.165, 1.54) is 11.8 Å². The molecule has 1 aromatic carbocycles. The van der Waals surface area contributed by atoms with Crippen LogP contribution in [0.15, 0.2) is 39.0 Å². The predicted octanol–water partition coefficient (Wildman–Crippen LogP) is 3.07. The molecule has 0 aliphatic heterocycles. The number of oxazole rings is 1. The van der Waals surface area contributed by atoms with Gasteiger partial charge in [0.2, 0.25) is 0 Å². The van der Waals surface area contributed by atoms with Crippen molar-refractivity contribution in [2.24, 2.45) is 5.73 Å². The lowest BCUT2D eigenvalue weighted by Crippen LogP contribution is -2.11. The van der Waals surface area contributed by atoms with Gasteiger partial charge in [0.15, 0.2) is 0 Å². The number of hydrogen-bond donors (Lipinski definition) is 2. The van der Waals surface area contributed by atoms with Gasteiger partial charge in [-0.1, -0.05) is 11.6 Å². The first-order valence-corrected chi connectivity index (χ1v) is 5.99. The lowest BCUT2D eigenvalue weighted by atomic mass is 10.2. The Morgan fingerprint density at radius 2 is 2.29 bits per heavy atom. The molecule has 0 unspecified atom stereocenters. The molecule has 0 fully saturated rings. The minimum absolute atomic E-state index is 0.0430. The van der Waals surface area contributed by atoms with Crippen LogP contribution in [-0.2, 0) is 0 Å². The van der Waals surface area contributed by atoms with Crippen LogP contribution in [0.3, 0.4) is 0 Å². The smallest absolute Gasteiger partial charge is 0.260 e. The molecule has 0 aliphatic carbocycles. The number of nitrogens with one attached hydrogen (secondary N) is 1. The Kier molecular flexibility index (Phi) is 3.40. The molecule has 0 bridgehead atoms. The van der Waals surface area contributed by atoms with Gasteiger partial charge in [-0.15, -0.1) is 0 Å². The summed E-state index contributed by atoms with van der Waals surface area (Å²) < 4.78 is 5.23. The van der Waals surface area contributed by atoms with Gasteiger partial charge in [0.25, 0.3) is 5.22 Å². The normalized spacial score (nSPS) is 10.5. The van der Waals surface area contributed by atoms with Crippen molar-refractivity contribution < 1.29 is 4.42 Å². The summed E-state index contributed by atoms with van der Waals surface area (Å²) in [6.45, 7) is 1.86. The van der Waals surface area contributed by atoms with Gasteiger partial charge in [-0.2, -0.15) is 0 Å². The number of nitrogens with zero attached hydrogens (tertiary/aromatic N) is 1. The van der Waals surface area contributed by atoms with E-state index in [-0.39, 0.29) is 5.84 Å². The second kappa shape index (κ2) is 4.81. The van der Waals surface area contributed by atoms with Crippen LogP contribution in [0.2, 0.25) is 5.02 Å². The summed E-state index contributed by atoms with van der Waals surface area (Å²) in [7, 11) is 0. The highest BCUT2D eigenvalue weighted by molar-refractivity contribution is 7.99. The van der Waals surface area contributed by atoms with Crippen LogP contribution in [0.4, 0.5) is 0 Å². The monoisotopic (exact) mass is 267 g/mol. The van der Waals surface area contributed by atoms with Crippen LogP contribution in [-0.4, -0.2) is 10.8 Å². The number of aryl methyl sites for hydroxylation is 1. The first-order chi connectivity index (χ1) is 8.06. The third kappa shape index (κ3) is 2.81. The van der Waals surface area contributed by atoms with Crippen molar-refractivity contribution in [3.05, 3.63) is 40.7 Å². The highest BCUT2D eigenvalue weighted by Crippen LogP contribution is 2.30. The number of nitrogens with two attached hydrogens (primary N) is 1. The fraction of sp³-hybridized carbons (Fsp3) is 0.0909. The fourth-order valence-corrected chi connectivity index (χ4v) is 2.41. The third-order valence-electron chi connectivity index (χ3n) is 2.03. The Balaban J connectivity index is 2.23. The van der Waals surface area contributed by atoms with E-state index < -0.39 is 0 Å². The van der Waals surface area contributed by atoms with Crippen LogP contribution in [0.1, 0.15) is 11.3 Å². The molecule has 88 valence electrons. The van der Waals surface area contributed by atoms with Crippen LogP contribution >= 0.6 is 23.4 Å². The Labute approximate surface area is 108 Å². The van der Waals surface area contributed by atoms with Gasteiger partial charge in [0.05, 0.1) is 10.7 Å². The van der Waals surface area contributed by atoms with E-state index in [2.05, 4.69) is 4.98 Å². The standard InChI is InChI=1S/C11H10ClN3OS/c1-6-5-16-11(15-6)17-7-2-3-8(10(13)14)9(12)4-7/h2-5H,1H3,(H3,13,14). The summed E-state index contributed by atoms with van der Waals surface area (Å²) in [5.74, 6) is -0.0430. The maximum absolute atomic E-state index is 7.33. The summed E-state index contributed by atoms with van der Waals surface area (Å²) in [4.78, 5) is 5.07. The van der Waals surface area contributed by atoms with Gasteiger partial charge in [0.1, 0.15) is 12.1 Å². The molecule has 6 heteroatoms. The maximum Gasteiger partial charge on any atom is 0.260 e. The van der Waals surface area contributed by atoms with Gasteiger partial charge in [-0.05, 0) is 36.9 Å². The molecule has 0 saturated heterocycles. The number of rotatable bonds is 3. The molecule has 0 amide bonds. The fourth-order valence-electron chi connectivity index (χ4n) is 1.26. The van der Waals surface area contributed by atoms with Crippen molar-refractivity contribution in [2.45, 2.75) is 17.0 Å². The van der Waals surface area contributed by atoms with Crippen molar-refractivity contribution in [2.75, 3.05) is 0 Å². The molecule has 0 atom stereocenters. The number of nitrogen functional groups attached to an aromatic ring is 1. The summed E-state index contributed by atoms with van der Waals surface area (Å²) in [5.41, 5.74) is 6.74. The summed E-state index contributed by atoms with van der Waals surface area (Å²) >= 11 is 7.38. The van der Waals surface area contributed by atoms with Crippen molar-refractivity contribution in [3.63, 3.8) is 0 Å². The first-order valence-electron chi connectivity index (χ1n) is 4.80. The topological polar surface area (TPSA) is 75.9 Å². The molecule has 2 rings (SSSR count). The molecular weight excluding hydrogens is 258 g/mol. The highest BCUT2D eigenvalue weighted by atomic mass is 35.5. The van der Waals surface area contributed by atoms with Gasteiger partial charge in [-0.25, -0.2) is 4.98 Å².